The molecule has 1 atom stereocenters. The highest BCUT2D eigenvalue weighted by atomic mass is 16.6. The van der Waals surface area contributed by atoms with Gasteiger partial charge in [0.2, 0.25) is 5.89 Å². The van der Waals surface area contributed by atoms with Crippen LogP contribution in [0.15, 0.2) is 37.9 Å². The second-order valence-electron chi connectivity index (χ2n) is 11.6. The number of hydrogen-bond donors (Lipinski definition) is 0. The SMILES string of the molecule is C/C=C\c1nc(-c2cc3cc4c(cc3oc2=O)N(CCCC(=O)OC(C)(C)C)C(C)(C)CC4C)oc1C. The molecule has 3 heterocycles. The summed E-state index contributed by atoms with van der Waals surface area (Å²) in [7, 11) is 0. The Labute approximate surface area is 218 Å². The molecule has 7 heteroatoms. The molecule has 0 radical (unpaired) electrons. The number of hydrogen-bond acceptors (Lipinski definition) is 7. The van der Waals surface area contributed by atoms with E-state index in [0.29, 0.717) is 47.9 Å². The van der Waals surface area contributed by atoms with Gasteiger partial charge in [-0.3, -0.25) is 4.79 Å². The Balaban J connectivity index is 1.69. The van der Waals surface area contributed by atoms with Crippen molar-refractivity contribution in [2.45, 2.75) is 91.7 Å². The van der Waals surface area contributed by atoms with Crippen LogP contribution in [0, 0.1) is 6.92 Å². The van der Waals surface area contributed by atoms with Crippen LogP contribution in [-0.4, -0.2) is 28.6 Å². The lowest BCUT2D eigenvalue weighted by atomic mass is 9.79. The van der Waals surface area contributed by atoms with Gasteiger partial charge in [-0.25, -0.2) is 9.78 Å². The molecule has 4 rings (SSSR count). The molecule has 0 amide bonds. The number of carbonyl (C=O) groups excluding carboxylic acids is 1. The first-order chi connectivity index (χ1) is 17.3. The minimum atomic E-state index is -0.489. The van der Waals surface area contributed by atoms with Crippen molar-refractivity contribution in [1.29, 1.82) is 0 Å². The van der Waals surface area contributed by atoms with E-state index in [1.165, 1.54) is 5.56 Å². The van der Waals surface area contributed by atoms with Crippen LogP contribution < -0.4 is 10.5 Å². The van der Waals surface area contributed by atoms with Crippen molar-refractivity contribution in [2.24, 2.45) is 0 Å². The quantitative estimate of drug-likeness (QED) is 0.263. The zero-order valence-corrected chi connectivity index (χ0v) is 23.2. The van der Waals surface area contributed by atoms with E-state index in [1.807, 2.05) is 58.9 Å². The Morgan fingerprint density at radius 2 is 1.97 bits per heavy atom. The predicted octanol–water partition coefficient (Wildman–Crippen LogP) is 7.00. The van der Waals surface area contributed by atoms with Gasteiger partial charge in [0, 0.05) is 35.6 Å². The number of fused-ring (bicyclic) bond motifs is 2. The molecule has 0 fully saturated rings. The summed E-state index contributed by atoms with van der Waals surface area (Å²) in [6.45, 7) is 16.7. The van der Waals surface area contributed by atoms with Crippen LogP contribution in [-0.2, 0) is 9.53 Å². The van der Waals surface area contributed by atoms with Gasteiger partial charge in [0.1, 0.15) is 28.2 Å². The second-order valence-corrected chi connectivity index (χ2v) is 11.6. The molecular weight excluding hydrogens is 468 g/mol. The number of ether oxygens (including phenoxy) is 1. The largest absolute Gasteiger partial charge is 0.460 e. The van der Waals surface area contributed by atoms with Crippen LogP contribution in [0.1, 0.15) is 90.7 Å². The lowest BCUT2D eigenvalue weighted by molar-refractivity contribution is -0.154. The molecule has 7 nitrogen and oxygen atoms in total. The van der Waals surface area contributed by atoms with Crippen molar-refractivity contribution in [2.75, 3.05) is 11.4 Å². The molecular formula is C30H38N2O5. The topological polar surface area (TPSA) is 85.8 Å². The summed E-state index contributed by atoms with van der Waals surface area (Å²) in [5, 5.41) is 0.831. The van der Waals surface area contributed by atoms with Gasteiger partial charge in [-0.15, -0.1) is 0 Å². The van der Waals surface area contributed by atoms with Gasteiger partial charge in [0.25, 0.3) is 0 Å². The molecule has 198 valence electrons. The van der Waals surface area contributed by atoms with Crippen LogP contribution in [0.2, 0.25) is 0 Å². The zero-order valence-electron chi connectivity index (χ0n) is 23.2. The van der Waals surface area contributed by atoms with Crippen LogP contribution in [0.5, 0.6) is 0 Å². The minimum Gasteiger partial charge on any atom is -0.460 e. The number of esters is 1. The Hall–Kier alpha value is -3.35. The normalized spacial score (nSPS) is 17.4. The van der Waals surface area contributed by atoms with Gasteiger partial charge >= 0.3 is 11.6 Å². The molecule has 2 aromatic heterocycles. The van der Waals surface area contributed by atoms with Crippen molar-refractivity contribution >= 4 is 28.7 Å². The van der Waals surface area contributed by atoms with Gasteiger partial charge in [0.05, 0.1) is 0 Å². The molecule has 0 spiro atoms. The Morgan fingerprint density at radius 3 is 2.65 bits per heavy atom. The number of allylic oxidation sites excluding steroid dienone is 1. The summed E-state index contributed by atoms with van der Waals surface area (Å²) in [6, 6.07) is 5.89. The van der Waals surface area contributed by atoms with Crippen LogP contribution >= 0.6 is 0 Å². The minimum absolute atomic E-state index is 0.118. The van der Waals surface area contributed by atoms with Gasteiger partial charge in [-0.1, -0.05) is 13.0 Å². The zero-order chi connectivity index (χ0) is 27.1. The molecule has 0 saturated carbocycles. The van der Waals surface area contributed by atoms with E-state index in [2.05, 4.69) is 36.7 Å². The first kappa shape index (κ1) is 26.7. The number of oxazole rings is 1. The van der Waals surface area contributed by atoms with E-state index in [0.717, 1.165) is 17.5 Å². The molecule has 1 aliphatic rings. The second kappa shape index (κ2) is 9.84. The maximum absolute atomic E-state index is 13.0. The number of aryl methyl sites for hydroxylation is 1. The van der Waals surface area contributed by atoms with Gasteiger partial charge in [-0.05, 0) is 91.0 Å². The van der Waals surface area contributed by atoms with E-state index >= 15 is 0 Å². The third kappa shape index (κ3) is 5.65. The van der Waals surface area contributed by atoms with Crippen molar-refractivity contribution in [3.8, 4) is 11.5 Å². The average Bonchev–Trinajstić information content (AvgIpc) is 3.13. The van der Waals surface area contributed by atoms with E-state index in [1.54, 1.807) is 0 Å². The third-order valence-electron chi connectivity index (χ3n) is 6.81. The van der Waals surface area contributed by atoms with Crippen molar-refractivity contribution in [3.63, 3.8) is 0 Å². The molecule has 0 saturated heterocycles. The van der Waals surface area contributed by atoms with Gasteiger partial charge in [-0.2, -0.15) is 0 Å². The Morgan fingerprint density at radius 1 is 1.24 bits per heavy atom. The number of rotatable bonds is 6. The molecule has 1 aromatic carbocycles. The highest BCUT2D eigenvalue weighted by Gasteiger charge is 2.36. The fraction of sp³-hybridized carbons (Fsp3) is 0.500. The monoisotopic (exact) mass is 506 g/mol. The summed E-state index contributed by atoms with van der Waals surface area (Å²) in [5.41, 5.74) is 2.67. The van der Waals surface area contributed by atoms with Crippen LogP contribution in [0.4, 0.5) is 5.69 Å². The summed E-state index contributed by atoms with van der Waals surface area (Å²) in [4.78, 5) is 32.1. The van der Waals surface area contributed by atoms with E-state index in [9.17, 15) is 9.59 Å². The molecule has 37 heavy (non-hydrogen) atoms. The number of benzene rings is 1. The van der Waals surface area contributed by atoms with Crippen LogP contribution in [0.25, 0.3) is 28.5 Å². The highest BCUT2D eigenvalue weighted by Crippen LogP contribution is 2.45. The molecule has 1 aliphatic heterocycles. The van der Waals surface area contributed by atoms with E-state index in [-0.39, 0.29) is 17.4 Å². The maximum Gasteiger partial charge on any atom is 0.349 e. The van der Waals surface area contributed by atoms with Crippen LogP contribution in [0.3, 0.4) is 0 Å². The fourth-order valence-corrected chi connectivity index (χ4v) is 5.28. The summed E-state index contributed by atoms with van der Waals surface area (Å²) >= 11 is 0. The maximum atomic E-state index is 13.0. The van der Waals surface area contributed by atoms with Crippen molar-refractivity contribution < 1.29 is 18.4 Å². The Bertz CT molecular complexity index is 1400. The van der Waals surface area contributed by atoms with Gasteiger partial charge < -0.3 is 18.5 Å². The van der Waals surface area contributed by atoms with E-state index < -0.39 is 11.2 Å². The third-order valence-corrected chi connectivity index (χ3v) is 6.81. The lowest BCUT2D eigenvalue weighted by Gasteiger charge is -2.47. The Kier molecular flexibility index (Phi) is 7.10. The van der Waals surface area contributed by atoms with Crippen molar-refractivity contribution in [3.05, 3.63) is 51.7 Å². The summed E-state index contributed by atoms with van der Waals surface area (Å²) in [6.07, 6.45) is 5.72. The van der Waals surface area contributed by atoms with E-state index in [4.69, 9.17) is 13.6 Å². The smallest absolute Gasteiger partial charge is 0.349 e. The molecule has 1 unspecified atom stereocenters. The highest BCUT2D eigenvalue weighted by molar-refractivity contribution is 5.86. The molecule has 3 aromatic rings. The molecule has 0 N–H and O–H groups in total. The summed E-state index contributed by atoms with van der Waals surface area (Å²) < 4.78 is 17.1. The van der Waals surface area contributed by atoms with Crippen molar-refractivity contribution in [1.82, 2.24) is 4.98 Å². The number of carbonyl (C=O) groups is 1. The number of aromatic nitrogens is 1. The lowest BCUT2D eigenvalue weighted by Crippen LogP contribution is -2.48. The first-order valence-electron chi connectivity index (χ1n) is 13.0. The molecule has 0 aliphatic carbocycles. The first-order valence-corrected chi connectivity index (χ1v) is 13.0. The fourth-order valence-electron chi connectivity index (χ4n) is 5.28. The predicted molar refractivity (Wildman–Crippen MR) is 147 cm³/mol. The molecule has 0 bridgehead atoms. The summed E-state index contributed by atoms with van der Waals surface area (Å²) in [5.74, 6) is 1.04. The number of nitrogens with zero attached hydrogens (tertiary/aromatic N) is 2. The standard InChI is InChI=1S/C30H38N2O5/c1-9-11-23-19(3)35-27(31-23)22-15-20-14-21-18(2)17-30(7,8)32(24(21)16-25(20)36-28(22)34)13-10-12-26(33)37-29(4,5)6/h9,11,14-16,18H,10,12-13,17H2,1-8H3/b11-9-. The average molecular weight is 507 g/mol. The number of anilines is 1. The van der Waals surface area contributed by atoms with Gasteiger partial charge in [0.15, 0.2) is 0 Å².